The Balaban J connectivity index is 3.17. The summed E-state index contributed by atoms with van der Waals surface area (Å²) in [5, 5.41) is -0.949. The van der Waals surface area contributed by atoms with E-state index in [0.29, 0.717) is 0 Å². The Morgan fingerprint density at radius 3 is 1.68 bits per heavy atom. The quantitative estimate of drug-likeness (QED) is 0.360. The smallest absolute Gasteiger partial charge is 0.326 e. The summed E-state index contributed by atoms with van der Waals surface area (Å²) in [5.41, 5.74) is -0.249. The van der Waals surface area contributed by atoms with Gasteiger partial charge >= 0.3 is 11.9 Å². The van der Waals surface area contributed by atoms with Crippen LogP contribution in [-0.4, -0.2) is 28.9 Å². The minimum Gasteiger partial charge on any atom is -0.425 e. The molecule has 0 amide bonds. The molecule has 0 aliphatic carbocycles. The predicted octanol–water partition coefficient (Wildman–Crippen LogP) is 2.35. The van der Waals surface area contributed by atoms with Gasteiger partial charge in [0.2, 0.25) is 0 Å². The summed E-state index contributed by atoms with van der Waals surface area (Å²) in [6.45, 7) is 0. The first kappa shape index (κ1) is 15.8. The van der Waals surface area contributed by atoms with Crippen molar-refractivity contribution < 1.29 is 23.9 Å². The number of esters is 2. The van der Waals surface area contributed by atoms with E-state index in [0.717, 1.165) is 0 Å². The molecule has 102 valence electrons. The largest absolute Gasteiger partial charge is 0.425 e. The highest BCUT2D eigenvalue weighted by Gasteiger charge is 2.20. The standard InChI is InChI=1S/C11H7Cl3O5/c12-4-8(15)18-6-2-1-3-7(10(6)11(14)17)19-9(16)5-13/h1-3H,4-5H2. The van der Waals surface area contributed by atoms with Crippen molar-refractivity contribution in [3.8, 4) is 11.5 Å². The lowest BCUT2D eigenvalue weighted by molar-refractivity contribution is -0.132. The van der Waals surface area contributed by atoms with Crippen molar-refractivity contribution in [2.45, 2.75) is 0 Å². The molecule has 8 heteroatoms. The van der Waals surface area contributed by atoms with Crippen LogP contribution in [0.5, 0.6) is 11.5 Å². The number of rotatable bonds is 5. The highest BCUT2D eigenvalue weighted by Crippen LogP contribution is 2.30. The van der Waals surface area contributed by atoms with Crippen LogP contribution in [0.25, 0.3) is 0 Å². The summed E-state index contributed by atoms with van der Waals surface area (Å²) >= 11 is 15.9. The summed E-state index contributed by atoms with van der Waals surface area (Å²) in [4.78, 5) is 33.6. The molecule has 5 nitrogen and oxygen atoms in total. The lowest BCUT2D eigenvalue weighted by atomic mass is 10.2. The zero-order valence-corrected chi connectivity index (χ0v) is 11.6. The van der Waals surface area contributed by atoms with E-state index in [1.165, 1.54) is 18.2 Å². The normalized spacial score (nSPS) is 9.84. The van der Waals surface area contributed by atoms with Crippen molar-refractivity contribution in [2.75, 3.05) is 11.8 Å². The number of carbonyl (C=O) groups is 3. The second kappa shape index (κ2) is 7.33. The van der Waals surface area contributed by atoms with Crippen LogP contribution in [0.4, 0.5) is 0 Å². The molecule has 0 unspecified atom stereocenters. The number of hydrogen-bond donors (Lipinski definition) is 0. The number of ether oxygens (including phenoxy) is 2. The SMILES string of the molecule is O=C(CCl)Oc1cccc(OC(=O)CCl)c1C(=O)Cl. The second-order valence-electron chi connectivity index (χ2n) is 3.12. The molecule has 1 rings (SSSR count). The van der Waals surface area contributed by atoms with Crippen LogP contribution in [-0.2, 0) is 9.59 Å². The van der Waals surface area contributed by atoms with Gasteiger partial charge in [0.1, 0.15) is 28.8 Å². The van der Waals surface area contributed by atoms with Crippen molar-refractivity contribution in [3.05, 3.63) is 23.8 Å². The summed E-state index contributed by atoms with van der Waals surface area (Å²) in [6, 6.07) is 4.05. The van der Waals surface area contributed by atoms with Gasteiger partial charge < -0.3 is 9.47 Å². The van der Waals surface area contributed by atoms with Crippen LogP contribution in [0.2, 0.25) is 0 Å². The Morgan fingerprint density at radius 1 is 0.947 bits per heavy atom. The maximum absolute atomic E-state index is 11.3. The van der Waals surface area contributed by atoms with Crippen molar-refractivity contribution in [1.29, 1.82) is 0 Å². The van der Waals surface area contributed by atoms with Crippen molar-refractivity contribution in [3.63, 3.8) is 0 Å². The molecule has 0 spiro atoms. The third-order valence-corrected chi connectivity index (χ3v) is 2.48. The van der Waals surface area contributed by atoms with E-state index >= 15 is 0 Å². The first-order valence-corrected chi connectivity index (χ1v) is 6.30. The Labute approximate surface area is 123 Å². The average molecular weight is 326 g/mol. The molecule has 0 fully saturated rings. The van der Waals surface area contributed by atoms with E-state index in [9.17, 15) is 14.4 Å². The van der Waals surface area contributed by atoms with Crippen LogP contribution in [0.15, 0.2) is 18.2 Å². The average Bonchev–Trinajstić information content (AvgIpc) is 2.38. The summed E-state index contributed by atoms with van der Waals surface area (Å²) in [6.07, 6.45) is 0. The van der Waals surface area contributed by atoms with Gasteiger partial charge in [0.25, 0.3) is 5.24 Å². The second-order valence-corrected chi connectivity index (χ2v) is 4.00. The van der Waals surface area contributed by atoms with Gasteiger partial charge in [-0.1, -0.05) is 6.07 Å². The predicted molar refractivity (Wildman–Crippen MR) is 69.3 cm³/mol. The summed E-state index contributed by atoms with van der Waals surface area (Å²) in [7, 11) is 0. The van der Waals surface area contributed by atoms with E-state index in [4.69, 9.17) is 44.3 Å². The molecule has 0 saturated heterocycles. The van der Waals surface area contributed by atoms with Crippen molar-refractivity contribution in [2.24, 2.45) is 0 Å². The van der Waals surface area contributed by atoms with E-state index in [2.05, 4.69) is 0 Å². The van der Waals surface area contributed by atoms with Gasteiger partial charge in [-0.2, -0.15) is 0 Å². The van der Waals surface area contributed by atoms with Crippen LogP contribution >= 0.6 is 34.8 Å². The monoisotopic (exact) mass is 324 g/mol. The van der Waals surface area contributed by atoms with Crippen molar-refractivity contribution >= 4 is 52.0 Å². The lowest BCUT2D eigenvalue weighted by Gasteiger charge is -2.10. The molecule has 0 atom stereocenters. The third kappa shape index (κ3) is 4.38. The zero-order chi connectivity index (χ0) is 14.4. The molecule has 0 saturated carbocycles. The van der Waals surface area contributed by atoms with Gasteiger partial charge in [-0.15, -0.1) is 23.2 Å². The first-order chi connectivity index (χ1) is 8.99. The van der Waals surface area contributed by atoms with Crippen LogP contribution in [0.1, 0.15) is 10.4 Å². The van der Waals surface area contributed by atoms with E-state index < -0.39 is 28.9 Å². The van der Waals surface area contributed by atoms with Gasteiger partial charge in [-0.3, -0.25) is 14.4 Å². The van der Waals surface area contributed by atoms with Gasteiger partial charge in [0.05, 0.1) is 0 Å². The number of halogens is 3. The Kier molecular flexibility index (Phi) is 6.08. The molecule has 1 aromatic rings. The third-order valence-electron chi connectivity index (χ3n) is 1.85. The van der Waals surface area contributed by atoms with E-state index in [1.54, 1.807) is 0 Å². The van der Waals surface area contributed by atoms with Gasteiger partial charge in [0, 0.05) is 0 Å². The fraction of sp³-hybridized carbons (Fsp3) is 0.182. The Hall–Kier alpha value is -1.30. The minimum absolute atomic E-state index is 0.148. The fourth-order valence-corrected chi connectivity index (χ4v) is 1.47. The number of carbonyl (C=O) groups excluding carboxylic acids is 3. The summed E-state index contributed by atoms with van der Waals surface area (Å²) < 4.78 is 9.62. The number of benzene rings is 1. The fourth-order valence-electron chi connectivity index (χ4n) is 1.17. The van der Waals surface area contributed by atoms with E-state index in [1.807, 2.05) is 0 Å². The van der Waals surface area contributed by atoms with Gasteiger partial charge in [0.15, 0.2) is 0 Å². The van der Waals surface area contributed by atoms with Crippen LogP contribution in [0, 0.1) is 0 Å². The Morgan fingerprint density at radius 2 is 1.37 bits per heavy atom. The maximum atomic E-state index is 11.3. The molecule has 0 aliphatic rings. The number of alkyl halides is 2. The zero-order valence-electron chi connectivity index (χ0n) is 9.32. The van der Waals surface area contributed by atoms with Crippen molar-refractivity contribution in [1.82, 2.24) is 0 Å². The molecule has 0 aromatic heterocycles. The highest BCUT2D eigenvalue weighted by molar-refractivity contribution is 6.68. The highest BCUT2D eigenvalue weighted by atomic mass is 35.5. The molecular formula is C11H7Cl3O5. The number of hydrogen-bond acceptors (Lipinski definition) is 5. The van der Waals surface area contributed by atoms with Crippen LogP contribution < -0.4 is 9.47 Å². The molecule has 0 aliphatic heterocycles. The molecule has 19 heavy (non-hydrogen) atoms. The molecule has 1 aromatic carbocycles. The molecule has 0 N–H and O–H groups in total. The molecule has 0 radical (unpaired) electrons. The Bertz CT molecular complexity index is 479. The summed E-state index contributed by atoms with van der Waals surface area (Å²) in [5.74, 6) is -2.65. The first-order valence-electron chi connectivity index (χ1n) is 4.85. The van der Waals surface area contributed by atoms with E-state index in [-0.39, 0.29) is 17.1 Å². The minimum atomic E-state index is -0.949. The molecule has 0 bridgehead atoms. The lowest BCUT2D eigenvalue weighted by Crippen LogP contribution is -2.14. The molecular weight excluding hydrogens is 318 g/mol. The molecule has 0 heterocycles. The maximum Gasteiger partial charge on any atom is 0.326 e. The van der Waals surface area contributed by atoms with Gasteiger partial charge in [-0.25, -0.2) is 0 Å². The van der Waals surface area contributed by atoms with Crippen LogP contribution in [0.3, 0.4) is 0 Å². The van der Waals surface area contributed by atoms with Gasteiger partial charge in [-0.05, 0) is 23.7 Å². The topological polar surface area (TPSA) is 69.7 Å².